The summed E-state index contributed by atoms with van der Waals surface area (Å²) in [5.74, 6) is 1.06. The normalized spacial score (nSPS) is 18.8. The van der Waals surface area contributed by atoms with Gasteiger partial charge < -0.3 is 10.6 Å². The molecule has 28 heavy (non-hydrogen) atoms. The van der Waals surface area contributed by atoms with Crippen molar-refractivity contribution in [2.75, 3.05) is 32.7 Å². The Labute approximate surface area is 168 Å². The number of piperidine rings is 1. The second-order valence-corrected chi connectivity index (χ2v) is 9.72. The smallest absolute Gasteiger partial charge is 0.357 e. The van der Waals surface area contributed by atoms with E-state index < -0.39 is 15.5 Å². The van der Waals surface area contributed by atoms with Crippen LogP contribution in [0.2, 0.25) is 0 Å². The highest BCUT2D eigenvalue weighted by Crippen LogP contribution is 2.30. The summed E-state index contributed by atoms with van der Waals surface area (Å²) in [5.41, 5.74) is -5.23. The fourth-order valence-corrected chi connectivity index (χ4v) is 4.74. The monoisotopic (exact) mass is 440 g/mol. The summed E-state index contributed by atoms with van der Waals surface area (Å²) in [5, 5.41) is 8.42. The molecule has 1 atom stereocenters. The summed E-state index contributed by atoms with van der Waals surface area (Å²) in [6, 6.07) is 4.09. The molecule has 0 saturated carbocycles. The summed E-state index contributed by atoms with van der Waals surface area (Å²) in [6.45, 7) is 5.70. The lowest BCUT2D eigenvalue weighted by atomic mass is 9.98. The van der Waals surface area contributed by atoms with E-state index in [-0.39, 0.29) is 19.0 Å². The van der Waals surface area contributed by atoms with Crippen LogP contribution in [0.15, 0.2) is 22.5 Å². The summed E-state index contributed by atoms with van der Waals surface area (Å²) in [6.07, 6.45) is 0.765. The molecule has 2 N–H and O–H groups in total. The van der Waals surface area contributed by atoms with Gasteiger partial charge in [-0.1, -0.05) is 13.0 Å². The molecule has 0 aliphatic carbocycles. The van der Waals surface area contributed by atoms with Gasteiger partial charge in [-0.2, -0.15) is 17.5 Å². The number of alkyl halides is 3. The number of hydrogen-bond donors (Lipinski definition) is 2. The van der Waals surface area contributed by atoms with Gasteiger partial charge in [0.25, 0.3) is 0 Å². The second-order valence-electron chi connectivity index (χ2n) is 6.81. The summed E-state index contributed by atoms with van der Waals surface area (Å²) in [7, 11) is -5.22. The molecule has 0 spiro atoms. The molecule has 160 valence electrons. The predicted molar refractivity (Wildman–Crippen MR) is 106 cm³/mol. The van der Waals surface area contributed by atoms with Crippen molar-refractivity contribution in [3.63, 3.8) is 0 Å². The first-order chi connectivity index (χ1) is 13.1. The van der Waals surface area contributed by atoms with Gasteiger partial charge in [-0.15, -0.1) is 11.3 Å². The molecule has 1 saturated heterocycles. The van der Waals surface area contributed by atoms with E-state index in [1.807, 2.05) is 18.4 Å². The van der Waals surface area contributed by atoms with Gasteiger partial charge in [-0.3, -0.25) is 4.99 Å². The molecule has 1 aliphatic heterocycles. The van der Waals surface area contributed by atoms with Crippen molar-refractivity contribution in [2.45, 2.75) is 38.1 Å². The standard InChI is InChI=1S/C17H27F3N4O2S2/c1-3-21-16(22-11-13(2)15-5-4-10-27-15)23-12-14-6-8-24(9-7-14)28(25,26)17(18,19)20/h4-5,10,13-14H,3,6-9,11-12H2,1-2H3,(H2,21,22,23). The minimum absolute atomic E-state index is 0.0956. The van der Waals surface area contributed by atoms with Crippen LogP contribution in [0.25, 0.3) is 0 Å². The minimum atomic E-state index is -5.23. The van der Waals surface area contributed by atoms with E-state index in [1.54, 1.807) is 11.3 Å². The third kappa shape index (κ3) is 6.08. The van der Waals surface area contributed by atoms with E-state index in [0.29, 0.717) is 48.7 Å². The molecule has 0 bridgehead atoms. The molecule has 0 amide bonds. The number of thiophene rings is 1. The molecular formula is C17H27F3N4O2S2. The average molecular weight is 441 g/mol. The van der Waals surface area contributed by atoms with Gasteiger partial charge in [-0.05, 0) is 37.1 Å². The molecular weight excluding hydrogens is 413 g/mol. The van der Waals surface area contributed by atoms with Crippen molar-refractivity contribution < 1.29 is 21.6 Å². The third-order valence-corrected chi connectivity index (χ3v) is 7.39. The lowest BCUT2D eigenvalue weighted by molar-refractivity contribution is -0.0496. The van der Waals surface area contributed by atoms with Crippen LogP contribution in [-0.2, 0) is 10.0 Å². The number of sulfonamides is 1. The van der Waals surface area contributed by atoms with Crippen molar-refractivity contribution in [2.24, 2.45) is 10.9 Å². The molecule has 1 fully saturated rings. The maximum absolute atomic E-state index is 12.6. The molecule has 1 aromatic heterocycles. The Morgan fingerprint density at radius 1 is 1.36 bits per heavy atom. The van der Waals surface area contributed by atoms with Crippen LogP contribution in [0, 0.1) is 5.92 Å². The fourth-order valence-electron chi connectivity index (χ4n) is 2.97. The number of halogens is 3. The largest absolute Gasteiger partial charge is 0.511 e. The summed E-state index contributed by atoms with van der Waals surface area (Å²) >= 11 is 1.69. The highest BCUT2D eigenvalue weighted by Gasteiger charge is 2.50. The van der Waals surface area contributed by atoms with Crippen molar-refractivity contribution in [3.05, 3.63) is 22.4 Å². The first-order valence-electron chi connectivity index (χ1n) is 9.27. The highest BCUT2D eigenvalue weighted by molar-refractivity contribution is 7.90. The maximum atomic E-state index is 12.6. The molecule has 1 unspecified atom stereocenters. The van der Waals surface area contributed by atoms with Gasteiger partial charge in [0.15, 0.2) is 5.96 Å². The Balaban J connectivity index is 1.83. The SMILES string of the molecule is CCNC(=NCC(C)c1cccs1)NCC1CCN(S(=O)(=O)C(F)(F)F)CC1. The summed E-state index contributed by atoms with van der Waals surface area (Å²) in [4.78, 5) is 5.85. The zero-order chi connectivity index (χ0) is 20.8. The molecule has 11 heteroatoms. The Morgan fingerprint density at radius 3 is 2.57 bits per heavy atom. The zero-order valence-corrected chi connectivity index (χ0v) is 17.6. The van der Waals surface area contributed by atoms with Crippen molar-refractivity contribution in [1.82, 2.24) is 14.9 Å². The van der Waals surface area contributed by atoms with Crippen LogP contribution in [-0.4, -0.2) is 56.9 Å². The Kier molecular flexibility index (Phi) is 8.14. The first kappa shape index (κ1) is 23.0. The third-order valence-electron chi connectivity index (χ3n) is 4.66. The number of nitrogens with one attached hydrogen (secondary N) is 2. The van der Waals surface area contributed by atoms with Gasteiger partial charge in [0, 0.05) is 37.0 Å². The molecule has 1 aliphatic rings. The van der Waals surface area contributed by atoms with E-state index >= 15 is 0 Å². The maximum Gasteiger partial charge on any atom is 0.511 e. The second kappa shape index (κ2) is 9.93. The van der Waals surface area contributed by atoms with Crippen LogP contribution in [0.4, 0.5) is 13.2 Å². The van der Waals surface area contributed by atoms with Crippen LogP contribution >= 0.6 is 11.3 Å². The van der Waals surface area contributed by atoms with Gasteiger partial charge >= 0.3 is 15.5 Å². The molecule has 6 nitrogen and oxygen atoms in total. The molecule has 0 aromatic carbocycles. The van der Waals surface area contributed by atoms with Crippen LogP contribution in [0.1, 0.15) is 37.5 Å². The molecule has 2 heterocycles. The number of guanidine groups is 1. The zero-order valence-electron chi connectivity index (χ0n) is 16.0. The fraction of sp³-hybridized carbons (Fsp3) is 0.706. The molecule has 2 rings (SSSR count). The highest BCUT2D eigenvalue weighted by atomic mass is 32.2. The van der Waals surface area contributed by atoms with Crippen molar-refractivity contribution in [3.8, 4) is 0 Å². The summed E-state index contributed by atoms with van der Waals surface area (Å²) < 4.78 is 61.4. The number of nitrogens with zero attached hydrogens (tertiary/aromatic N) is 2. The Bertz CT molecular complexity index is 728. The molecule has 0 radical (unpaired) electrons. The van der Waals surface area contributed by atoms with Crippen LogP contribution in [0.3, 0.4) is 0 Å². The van der Waals surface area contributed by atoms with E-state index in [1.165, 1.54) is 4.88 Å². The Hall–Kier alpha value is -1.33. The number of hydrogen-bond acceptors (Lipinski definition) is 4. The van der Waals surface area contributed by atoms with E-state index in [4.69, 9.17) is 0 Å². The van der Waals surface area contributed by atoms with Gasteiger partial charge in [-0.25, -0.2) is 8.42 Å². The first-order valence-corrected chi connectivity index (χ1v) is 11.6. The van der Waals surface area contributed by atoms with E-state index in [9.17, 15) is 21.6 Å². The van der Waals surface area contributed by atoms with Gasteiger partial charge in [0.1, 0.15) is 0 Å². The van der Waals surface area contributed by atoms with Crippen LogP contribution < -0.4 is 10.6 Å². The topological polar surface area (TPSA) is 73.8 Å². The number of rotatable bonds is 7. The van der Waals surface area contributed by atoms with Gasteiger partial charge in [0.2, 0.25) is 0 Å². The molecule has 1 aromatic rings. The minimum Gasteiger partial charge on any atom is -0.357 e. The van der Waals surface area contributed by atoms with Crippen LogP contribution in [0.5, 0.6) is 0 Å². The van der Waals surface area contributed by atoms with Crippen molar-refractivity contribution in [1.29, 1.82) is 0 Å². The average Bonchev–Trinajstić information content (AvgIpc) is 3.18. The lowest BCUT2D eigenvalue weighted by Gasteiger charge is -2.31. The lowest BCUT2D eigenvalue weighted by Crippen LogP contribution is -2.47. The van der Waals surface area contributed by atoms with Crippen molar-refractivity contribution >= 4 is 27.3 Å². The van der Waals surface area contributed by atoms with E-state index in [0.717, 1.165) is 0 Å². The quantitative estimate of drug-likeness (QED) is 0.505. The van der Waals surface area contributed by atoms with Gasteiger partial charge in [0.05, 0.1) is 6.54 Å². The predicted octanol–water partition coefficient (Wildman–Crippen LogP) is 2.97. The Morgan fingerprint density at radius 2 is 2.04 bits per heavy atom. The number of aliphatic imine (C=N–C) groups is 1. The van der Waals surface area contributed by atoms with E-state index in [2.05, 4.69) is 28.6 Å².